The lowest BCUT2D eigenvalue weighted by atomic mass is 10.0. The van der Waals surface area contributed by atoms with Crippen molar-refractivity contribution in [1.29, 1.82) is 0 Å². The van der Waals surface area contributed by atoms with E-state index in [2.05, 4.69) is 24.5 Å². The Balaban J connectivity index is 2.78. The van der Waals surface area contributed by atoms with Crippen LogP contribution in [0.5, 0.6) is 0 Å². The average molecular weight is 292 g/mol. The van der Waals surface area contributed by atoms with Crippen molar-refractivity contribution in [2.24, 2.45) is 5.92 Å². The third kappa shape index (κ3) is 5.55. The van der Waals surface area contributed by atoms with Crippen LogP contribution in [0.15, 0.2) is 24.3 Å². The van der Waals surface area contributed by atoms with Gasteiger partial charge in [-0.2, -0.15) is 0 Å². The van der Waals surface area contributed by atoms with Crippen molar-refractivity contribution in [3.63, 3.8) is 0 Å². The smallest absolute Gasteiger partial charge is 0.326 e. The van der Waals surface area contributed by atoms with E-state index in [1.54, 1.807) is 32.0 Å². The summed E-state index contributed by atoms with van der Waals surface area (Å²) in [4.78, 5) is 23.3. The van der Waals surface area contributed by atoms with E-state index in [-0.39, 0.29) is 11.8 Å². The van der Waals surface area contributed by atoms with Gasteiger partial charge < -0.3 is 15.7 Å². The van der Waals surface area contributed by atoms with Crippen LogP contribution in [0.3, 0.4) is 0 Å². The number of carbonyl (C=O) groups excluding carboxylic acids is 1. The maximum Gasteiger partial charge on any atom is 0.326 e. The van der Waals surface area contributed by atoms with Gasteiger partial charge in [0.05, 0.1) is 0 Å². The monoisotopic (exact) mass is 292 g/mol. The number of carboxylic acids is 1. The van der Waals surface area contributed by atoms with Crippen LogP contribution < -0.4 is 10.6 Å². The molecule has 1 rings (SSSR count). The van der Waals surface area contributed by atoms with E-state index in [0.717, 1.165) is 5.56 Å². The van der Waals surface area contributed by atoms with E-state index in [4.69, 9.17) is 5.11 Å². The van der Waals surface area contributed by atoms with Crippen LogP contribution in [0.25, 0.3) is 0 Å². The molecule has 0 saturated carbocycles. The number of amides is 1. The van der Waals surface area contributed by atoms with Crippen molar-refractivity contribution >= 4 is 11.9 Å². The molecule has 1 aromatic carbocycles. The van der Waals surface area contributed by atoms with Crippen molar-refractivity contribution in [3.05, 3.63) is 35.4 Å². The molecule has 0 heterocycles. The van der Waals surface area contributed by atoms with E-state index in [0.29, 0.717) is 18.2 Å². The summed E-state index contributed by atoms with van der Waals surface area (Å²) in [7, 11) is 0. The van der Waals surface area contributed by atoms with Gasteiger partial charge in [0, 0.05) is 18.2 Å². The third-order valence-corrected chi connectivity index (χ3v) is 3.12. The van der Waals surface area contributed by atoms with Crippen molar-refractivity contribution in [2.75, 3.05) is 0 Å². The molecular weight excluding hydrogens is 268 g/mol. The second-order valence-corrected chi connectivity index (χ2v) is 5.77. The SMILES string of the molecule is CC(C)NCc1cccc(C(=O)N[C@H](C(=O)O)C(C)C)c1. The molecule has 0 bridgehead atoms. The molecule has 0 aliphatic heterocycles. The molecule has 116 valence electrons. The van der Waals surface area contributed by atoms with Crippen molar-refractivity contribution in [1.82, 2.24) is 10.6 Å². The largest absolute Gasteiger partial charge is 0.480 e. The normalized spacial score (nSPS) is 12.5. The number of aliphatic carboxylic acids is 1. The molecule has 0 aliphatic carbocycles. The fraction of sp³-hybridized carbons (Fsp3) is 0.500. The van der Waals surface area contributed by atoms with Gasteiger partial charge in [-0.3, -0.25) is 4.79 Å². The molecule has 1 amide bonds. The Hall–Kier alpha value is -1.88. The molecular formula is C16H24N2O3. The molecule has 0 aliphatic rings. The number of rotatable bonds is 7. The van der Waals surface area contributed by atoms with Crippen LogP contribution in [-0.4, -0.2) is 29.1 Å². The number of carbonyl (C=O) groups is 2. The molecule has 0 saturated heterocycles. The second kappa shape index (κ2) is 7.78. The molecule has 0 unspecified atom stereocenters. The quantitative estimate of drug-likeness (QED) is 0.718. The van der Waals surface area contributed by atoms with Crippen molar-refractivity contribution in [2.45, 2.75) is 46.3 Å². The van der Waals surface area contributed by atoms with Gasteiger partial charge in [-0.05, 0) is 23.6 Å². The standard InChI is InChI=1S/C16H24N2O3/c1-10(2)14(16(20)21)18-15(19)13-7-5-6-12(8-13)9-17-11(3)4/h5-8,10-11,14,17H,9H2,1-4H3,(H,18,19)(H,20,21)/t14-/m0/s1. The van der Waals surface area contributed by atoms with Crippen LogP contribution >= 0.6 is 0 Å². The number of hydrogen-bond donors (Lipinski definition) is 3. The minimum absolute atomic E-state index is 0.169. The lowest BCUT2D eigenvalue weighted by molar-refractivity contribution is -0.140. The third-order valence-electron chi connectivity index (χ3n) is 3.12. The van der Waals surface area contributed by atoms with E-state index < -0.39 is 12.0 Å². The fourth-order valence-corrected chi connectivity index (χ4v) is 1.88. The van der Waals surface area contributed by atoms with E-state index in [1.807, 2.05) is 6.07 Å². The van der Waals surface area contributed by atoms with Gasteiger partial charge in [-0.25, -0.2) is 4.79 Å². The fourth-order valence-electron chi connectivity index (χ4n) is 1.88. The predicted octanol–water partition coefficient (Wildman–Crippen LogP) is 2.02. The van der Waals surface area contributed by atoms with E-state index in [9.17, 15) is 9.59 Å². The highest BCUT2D eigenvalue weighted by molar-refractivity contribution is 5.96. The van der Waals surface area contributed by atoms with Crippen LogP contribution in [0.4, 0.5) is 0 Å². The summed E-state index contributed by atoms with van der Waals surface area (Å²) in [6.07, 6.45) is 0. The topological polar surface area (TPSA) is 78.4 Å². The van der Waals surface area contributed by atoms with Gasteiger partial charge in [-0.15, -0.1) is 0 Å². The average Bonchev–Trinajstić information content (AvgIpc) is 2.41. The van der Waals surface area contributed by atoms with Gasteiger partial charge in [0.15, 0.2) is 0 Å². The number of benzene rings is 1. The van der Waals surface area contributed by atoms with Crippen LogP contribution in [-0.2, 0) is 11.3 Å². The molecule has 3 N–H and O–H groups in total. The van der Waals surface area contributed by atoms with E-state index >= 15 is 0 Å². The summed E-state index contributed by atoms with van der Waals surface area (Å²) in [6.45, 7) is 8.31. The summed E-state index contributed by atoms with van der Waals surface area (Å²) in [5.74, 6) is -1.55. The highest BCUT2D eigenvalue weighted by atomic mass is 16.4. The molecule has 5 nitrogen and oxygen atoms in total. The molecule has 0 spiro atoms. The Bertz CT molecular complexity index is 498. The molecule has 0 fully saturated rings. The first-order valence-corrected chi connectivity index (χ1v) is 7.17. The zero-order valence-corrected chi connectivity index (χ0v) is 13.0. The molecule has 1 atom stereocenters. The number of carboxylic acid groups (broad SMARTS) is 1. The zero-order chi connectivity index (χ0) is 16.0. The zero-order valence-electron chi connectivity index (χ0n) is 13.0. The van der Waals surface area contributed by atoms with Crippen LogP contribution in [0, 0.1) is 5.92 Å². The Labute approximate surface area is 125 Å². The van der Waals surface area contributed by atoms with Crippen LogP contribution in [0.1, 0.15) is 43.6 Å². The molecule has 5 heteroatoms. The lowest BCUT2D eigenvalue weighted by Crippen LogP contribution is -2.44. The molecule has 0 aromatic heterocycles. The summed E-state index contributed by atoms with van der Waals surface area (Å²) in [5, 5.41) is 15.0. The Morgan fingerprint density at radius 3 is 2.38 bits per heavy atom. The summed E-state index contributed by atoms with van der Waals surface area (Å²) >= 11 is 0. The van der Waals surface area contributed by atoms with Gasteiger partial charge in [0.25, 0.3) is 5.91 Å². The molecule has 0 radical (unpaired) electrons. The predicted molar refractivity (Wildman–Crippen MR) is 82.1 cm³/mol. The van der Waals surface area contributed by atoms with Gasteiger partial charge in [0.2, 0.25) is 0 Å². The highest BCUT2D eigenvalue weighted by Gasteiger charge is 2.23. The maximum absolute atomic E-state index is 12.2. The van der Waals surface area contributed by atoms with Crippen molar-refractivity contribution in [3.8, 4) is 0 Å². The molecule has 21 heavy (non-hydrogen) atoms. The Morgan fingerprint density at radius 2 is 1.86 bits per heavy atom. The summed E-state index contributed by atoms with van der Waals surface area (Å²) in [6, 6.07) is 6.69. The second-order valence-electron chi connectivity index (χ2n) is 5.77. The van der Waals surface area contributed by atoms with Crippen LogP contribution in [0.2, 0.25) is 0 Å². The first kappa shape index (κ1) is 17.2. The van der Waals surface area contributed by atoms with Crippen molar-refractivity contribution < 1.29 is 14.7 Å². The van der Waals surface area contributed by atoms with Gasteiger partial charge >= 0.3 is 5.97 Å². The minimum atomic E-state index is -1.02. The first-order chi connectivity index (χ1) is 9.81. The number of nitrogens with one attached hydrogen (secondary N) is 2. The van der Waals surface area contributed by atoms with E-state index in [1.165, 1.54) is 0 Å². The maximum atomic E-state index is 12.2. The van der Waals surface area contributed by atoms with Gasteiger partial charge in [0.1, 0.15) is 6.04 Å². The molecule has 1 aromatic rings. The summed E-state index contributed by atoms with van der Waals surface area (Å²) < 4.78 is 0. The Morgan fingerprint density at radius 1 is 1.19 bits per heavy atom. The lowest BCUT2D eigenvalue weighted by Gasteiger charge is -2.18. The number of hydrogen-bond acceptors (Lipinski definition) is 3. The summed E-state index contributed by atoms with van der Waals surface area (Å²) in [5.41, 5.74) is 1.47. The Kier molecular flexibility index (Phi) is 6.37. The minimum Gasteiger partial charge on any atom is -0.480 e. The first-order valence-electron chi connectivity index (χ1n) is 7.17. The highest BCUT2D eigenvalue weighted by Crippen LogP contribution is 2.08. The van der Waals surface area contributed by atoms with Gasteiger partial charge in [-0.1, -0.05) is 39.8 Å².